The van der Waals surface area contributed by atoms with Crippen molar-refractivity contribution in [2.75, 3.05) is 26.4 Å². The summed E-state index contributed by atoms with van der Waals surface area (Å²) in [5, 5.41) is 0. The number of carbonyl (C=O) groups is 2. The van der Waals surface area contributed by atoms with Crippen molar-refractivity contribution in [2.24, 2.45) is 5.73 Å². The minimum Gasteiger partial charge on any atom is -0.462 e. The maximum atomic E-state index is 12.8. The second kappa shape index (κ2) is 74.5. The fourth-order valence-corrected chi connectivity index (χ4v) is 12.1. The Balaban J connectivity index is 3.79. The largest absolute Gasteiger partial charge is 0.472 e. The molecule has 0 saturated carbocycles. The molecule has 0 aromatic heterocycles. The molecular formula is C79H146NO8P. The van der Waals surface area contributed by atoms with Gasteiger partial charge < -0.3 is 20.1 Å². The zero-order valence-corrected chi connectivity index (χ0v) is 59.6. The van der Waals surface area contributed by atoms with Crippen LogP contribution in [-0.2, 0) is 32.7 Å². The average molecular weight is 1270 g/mol. The van der Waals surface area contributed by atoms with Crippen LogP contribution in [0.1, 0.15) is 386 Å². The van der Waals surface area contributed by atoms with Crippen molar-refractivity contribution in [1.82, 2.24) is 0 Å². The van der Waals surface area contributed by atoms with Crippen molar-refractivity contribution in [3.8, 4) is 0 Å². The van der Waals surface area contributed by atoms with Crippen LogP contribution < -0.4 is 5.73 Å². The van der Waals surface area contributed by atoms with Crippen LogP contribution in [0.4, 0.5) is 0 Å². The topological polar surface area (TPSA) is 134 Å². The van der Waals surface area contributed by atoms with E-state index in [-0.39, 0.29) is 38.6 Å². The zero-order valence-electron chi connectivity index (χ0n) is 58.7. The number of carbonyl (C=O) groups excluding carboxylic acids is 2. The Kier molecular flexibility index (Phi) is 72.4. The first-order chi connectivity index (χ1) is 43.8. The summed E-state index contributed by atoms with van der Waals surface area (Å²) in [6.45, 7) is 3.78. The molecule has 0 spiro atoms. The fraction of sp³-hybridized carbons (Fsp3) is 0.823. The molecule has 0 amide bonds. The highest BCUT2D eigenvalue weighted by atomic mass is 31.2. The predicted molar refractivity (Wildman–Crippen MR) is 386 cm³/mol. The molecule has 3 N–H and O–H groups in total. The molecule has 0 radical (unpaired) electrons. The van der Waals surface area contributed by atoms with E-state index in [9.17, 15) is 19.0 Å². The molecule has 0 aromatic rings. The van der Waals surface area contributed by atoms with Gasteiger partial charge in [-0.2, -0.15) is 0 Å². The number of unbranched alkanes of at least 4 members (excludes halogenated alkanes) is 48. The van der Waals surface area contributed by atoms with E-state index >= 15 is 0 Å². The monoisotopic (exact) mass is 1270 g/mol. The van der Waals surface area contributed by atoms with E-state index in [1.54, 1.807) is 0 Å². The van der Waals surface area contributed by atoms with E-state index in [0.717, 1.165) is 57.8 Å². The Morgan fingerprint density at radius 3 is 0.865 bits per heavy atom. The van der Waals surface area contributed by atoms with Crippen molar-refractivity contribution < 1.29 is 37.6 Å². The average Bonchev–Trinajstić information content (AvgIpc) is 3.68. The molecule has 10 heteroatoms. The Morgan fingerprint density at radius 2 is 0.584 bits per heavy atom. The van der Waals surface area contributed by atoms with Gasteiger partial charge in [-0.3, -0.25) is 18.6 Å². The molecule has 0 aliphatic rings. The Bertz CT molecular complexity index is 1690. The number of hydrogen-bond donors (Lipinski definition) is 2. The van der Waals surface area contributed by atoms with Crippen molar-refractivity contribution >= 4 is 19.8 Å². The maximum absolute atomic E-state index is 12.8. The summed E-state index contributed by atoms with van der Waals surface area (Å²) in [5.41, 5.74) is 5.41. The highest BCUT2D eigenvalue weighted by molar-refractivity contribution is 7.47. The minimum absolute atomic E-state index is 0.0537. The van der Waals surface area contributed by atoms with E-state index in [4.69, 9.17) is 24.3 Å². The summed E-state index contributed by atoms with van der Waals surface area (Å²) in [7, 11) is -4.40. The fourth-order valence-electron chi connectivity index (χ4n) is 11.4. The van der Waals surface area contributed by atoms with Gasteiger partial charge in [0.2, 0.25) is 0 Å². The van der Waals surface area contributed by atoms with E-state index in [1.165, 1.54) is 295 Å². The van der Waals surface area contributed by atoms with Gasteiger partial charge in [-0.1, -0.05) is 356 Å². The minimum atomic E-state index is -4.40. The smallest absolute Gasteiger partial charge is 0.462 e. The molecule has 9 nitrogen and oxygen atoms in total. The van der Waals surface area contributed by atoms with Gasteiger partial charge in [0.1, 0.15) is 6.61 Å². The normalized spacial score (nSPS) is 13.3. The molecule has 0 heterocycles. The Morgan fingerprint density at radius 1 is 0.337 bits per heavy atom. The van der Waals surface area contributed by atoms with Crippen LogP contribution in [-0.4, -0.2) is 49.3 Å². The number of ether oxygens (including phenoxy) is 2. The lowest BCUT2D eigenvalue weighted by Crippen LogP contribution is -2.29. The van der Waals surface area contributed by atoms with E-state index < -0.39 is 26.5 Å². The molecule has 2 unspecified atom stereocenters. The van der Waals surface area contributed by atoms with Crippen LogP contribution in [0.5, 0.6) is 0 Å². The molecule has 0 rings (SSSR count). The molecule has 520 valence electrons. The SMILES string of the molecule is CCCCCCC/C=C\C/C=C\C/C=C\CCCCCCCCCCCCCCCCCCCCCCCCCCC(=O)OC(COC(=O)CCCCCCCCCCCCCCCC/C=C\C/C=C\C/C=C\CCCCCCC)COP(=O)(O)OCCN. The molecule has 2 atom stereocenters. The third-order valence-electron chi connectivity index (χ3n) is 17.1. The summed E-state index contributed by atoms with van der Waals surface area (Å²) >= 11 is 0. The molecule has 0 bridgehead atoms. The first-order valence-electron chi connectivity index (χ1n) is 38.4. The van der Waals surface area contributed by atoms with Crippen molar-refractivity contribution in [3.05, 3.63) is 72.9 Å². The van der Waals surface area contributed by atoms with Crippen molar-refractivity contribution in [1.29, 1.82) is 0 Å². The molecule has 0 saturated heterocycles. The van der Waals surface area contributed by atoms with E-state index in [0.29, 0.717) is 6.42 Å². The maximum Gasteiger partial charge on any atom is 0.472 e. The number of esters is 2. The van der Waals surface area contributed by atoms with Gasteiger partial charge in [0.05, 0.1) is 13.2 Å². The van der Waals surface area contributed by atoms with Gasteiger partial charge in [-0.15, -0.1) is 0 Å². The number of allylic oxidation sites excluding steroid dienone is 12. The highest BCUT2D eigenvalue weighted by Gasteiger charge is 2.26. The van der Waals surface area contributed by atoms with Crippen LogP contribution in [0.3, 0.4) is 0 Å². The molecule has 0 aromatic carbocycles. The second-order valence-electron chi connectivity index (χ2n) is 25.9. The van der Waals surface area contributed by atoms with Gasteiger partial charge >= 0.3 is 19.8 Å². The number of nitrogens with two attached hydrogens (primary N) is 1. The van der Waals surface area contributed by atoms with Crippen LogP contribution in [0.25, 0.3) is 0 Å². The quantitative estimate of drug-likeness (QED) is 0.0264. The molecule has 89 heavy (non-hydrogen) atoms. The Labute approximate surface area is 552 Å². The third-order valence-corrected chi connectivity index (χ3v) is 18.0. The molecule has 0 aliphatic carbocycles. The highest BCUT2D eigenvalue weighted by Crippen LogP contribution is 2.43. The van der Waals surface area contributed by atoms with Gasteiger partial charge in [0.15, 0.2) is 6.10 Å². The first-order valence-corrected chi connectivity index (χ1v) is 39.9. The van der Waals surface area contributed by atoms with E-state index in [1.807, 2.05) is 0 Å². The number of hydrogen-bond acceptors (Lipinski definition) is 8. The van der Waals surface area contributed by atoms with Gasteiger partial charge in [-0.25, -0.2) is 4.57 Å². The lowest BCUT2D eigenvalue weighted by molar-refractivity contribution is -0.161. The summed E-state index contributed by atoms with van der Waals surface area (Å²) in [4.78, 5) is 35.4. The van der Waals surface area contributed by atoms with Crippen LogP contribution in [0, 0.1) is 0 Å². The Hall–Kier alpha value is -2.55. The predicted octanol–water partition coefficient (Wildman–Crippen LogP) is 25.5. The summed E-state index contributed by atoms with van der Waals surface area (Å²) in [6.07, 6.45) is 98.8. The van der Waals surface area contributed by atoms with Crippen LogP contribution >= 0.6 is 7.82 Å². The zero-order chi connectivity index (χ0) is 64.4. The molecule has 0 fully saturated rings. The lowest BCUT2D eigenvalue weighted by atomic mass is 10.0. The number of phosphoric acid groups is 1. The van der Waals surface area contributed by atoms with Crippen molar-refractivity contribution in [3.63, 3.8) is 0 Å². The molecular weight excluding hydrogens is 1120 g/mol. The standard InChI is InChI=1S/C79H146NO8P/c1-3-5-7-9-11-13-15-17-19-21-23-25-27-29-31-33-34-35-36-37-38-39-40-41-42-44-46-48-50-52-54-56-58-60-62-64-66-68-70-72-79(82)88-77(76-87-89(83,84)86-74-73-80)75-85-78(81)71-69-67-65-63-61-59-57-55-53-51-49-47-45-43-32-30-28-26-24-22-20-18-16-14-12-10-8-6-4-2/h15-18,21-24,27-30,77H,3-14,19-20,25-26,31-76,80H2,1-2H3,(H,83,84)/b17-15-,18-16-,23-21-,24-22-,29-27-,30-28-. The molecule has 0 aliphatic heterocycles. The van der Waals surface area contributed by atoms with Gasteiger partial charge in [0.25, 0.3) is 0 Å². The lowest BCUT2D eigenvalue weighted by Gasteiger charge is -2.19. The summed E-state index contributed by atoms with van der Waals surface area (Å²) < 4.78 is 33.2. The van der Waals surface area contributed by atoms with Gasteiger partial charge in [-0.05, 0) is 89.9 Å². The third kappa shape index (κ3) is 74.4. The second-order valence-corrected chi connectivity index (χ2v) is 27.3. The number of phosphoric ester groups is 1. The number of rotatable bonds is 73. The first kappa shape index (κ1) is 86.5. The van der Waals surface area contributed by atoms with E-state index in [2.05, 4.69) is 86.8 Å². The summed E-state index contributed by atoms with van der Waals surface area (Å²) in [6, 6.07) is 0. The van der Waals surface area contributed by atoms with Gasteiger partial charge in [0, 0.05) is 19.4 Å². The van der Waals surface area contributed by atoms with Crippen LogP contribution in [0.2, 0.25) is 0 Å². The van der Waals surface area contributed by atoms with Crippen LogP contribution in [0.15, 0.2) is 72.9 Å². The summed E-state index contributed by atoms with van der Waals surface area (Å²) in [5.74, 6) is -0.811. The van der Waals surface area contributed by atoms with Crippen molar-refractivity contribution in [2.45, 2.75) is 392 Å².